The van der Waals surface area contributed by atoms with Crippen molar-refractivity contribution in [2.45, 2.75) is 44.2 Å². The first-order valence-corrected chi connectivity index (χ1v) is 9.88. The van der Waals surface area contributed by atoms with Crippen LogP contribution in [0, 0.1) is 5.92 Å². The average molecular weight is 348 g/mol. The molecule has 0 aliphatic carbocycles. The Balaban J connectivity index is 1.47. The molecule has 24 heavy (non-hydrogen) atoms. The number of nitrogens with zero attached hydrogens (tertiary/aromatic N) is 2. The molecule has 3 fully saturated rings. The molecule has 1 aromatic rings. The summed E-state index contributed by atoms with van der Waals surface area (Å²) in [7, 11) is 0. The summed E-state index contributed by atoms with van der Waals surface area (Å²) in [6.45, 7) is 3.22. The molecule has 0 radical (unpaired) electrons. The summed E-state index contributed by atoms with van der Waals surface area (Å²) in [4.78, 5) is 29.4. The Labute approximate surface area is 146 Å². The third-order valence-electron chi connectivity index (χ3n) is 5.71. The van der Waals surface area contributed by atoms with Crippen molar-refractivity contribution in [3.63, 3.8) is 0 Å². The van der Waals surface area contributed by atoms with E-state index in [1.54, 1.807) is 11.3 Å². The molecule has 3 aliphatic heterocycles. The summed E-state index contributed by atoms with van der Waals surface area (Å²) < 4.78 is 5.44. The van der Waals surface area contributed by atoms with Gasteiger partial charge in [0.1, 0.15) is 0 Å². The molecular weight excluding hydrogens is 324 g/mol. The lowest BCUT2D eigenvalue weighted by molar-refractivity contribution is -0.138. The first kappa shape index (κ1) is 16.1. The van der Waals surface area contributed by atoms with Crippen LogP contribution in [0.4, 0.5) is 0 Å². The van der Waals surface area contributed by atoms with Crippen LogP contribution in [0.1, 0.15) is 42.5 Å². The fourth-order valence-electron chi connectivity index (χ4n) is 4.40. The van der Waals surface area contributed by atoms with Gasteiger partial charge in [0.15, 0.2) is 0 Å². The van der Waals surface area contributed by atoms with Gasteiger partial charge in [-0.2, -0.15) is 11.3 Å². The van der Waals surface area contributed by atoms with E-state index >= 15 is 0 Å². The molecule has 2 atom stereocenters. The van der Waals surface area contributed by atoms with Crippen LogP contribution in [-0.2, 0) is 9.53 Å². The first-order valence-electron chi connectivity index (χ1n) is 8.94. The maximum Gasteiger partial charge on any atom is 0.255 e. The molecule has 4 heterocycles. The van der Waals surface area contributed by atoms with Crippen molar-refractivity contribution < 1.29 is 14.3 Å². The highest BCUT2D eigenvalue weighted by Gasteiger charge is 2.45. The lowest BCUT2D eigenvalue weighted by atomic mass is 9.92. The molecule has 3 aliphatic rings. The molecule has 4 rings (SSSR count). The van der Waals surface area contributed by atoms with E-state index in [9.17, 15) is 9.59 Å². The summed E-state index contributed by atoms with van der Waals surface area (Å²) in [5, 5.41) is 3.87. The van der Waals surface area contributed by atoms with Crippen molar-refractivity contribution >= 4 is 23.2 Å². The highest BCUT2D eigenvalue weighted by molar-refractivity contribution is 7.08. The van der Waals surface area contributed by atoms with E-state index in [1.165, 1.54) is 0 Å². The van der Waals surface area contributed by atoms with E-state index in [2.05, 4.69) is 4.90 Å². The molecule has 6 heteroatoms. The highest BCUT2D eigenvalue weighted by Crippen LogP contribution is 2.34. The van der Waals surface area contributed by atoms with E-state index in [1.807, 2.05) is 21.7 Å². The zero-order valence-corrected chi connectivity index (χ0v) is 14.7. The number of piperidine rings is 1. The lowest BCUT2D eigenvalue weighted by Crippen LogP contribution is -2.54. The Morgan fingerprint density at radius 2 is 2.04 bits per heavy atom. The minimum absolute atomic E-state index is 0.129. The number of likely N-dealkylation sites (tertiary alicyclic amines) is 2. The zero-order chi connectivity index (χ0) is 16.5. The normalized spacial score (nSPS) is 28.2. The van der Waals surface area contributed by atoms with E-state index in [-0.39, 0.29) is 23.9 Å². The van der Waals surface area contributed by atoms with Gasteiger partial charge in [-0.05, 0) is 43.0 Å². The maximum atomic E-state index is 12.8. The van der Waals surface area contributed by atoms with Crippen LogP contribution >= 0.6 is 11.3 Å². The van der Waals surface area contributed by atoms with Crippen LogP contribution in [0.15, 0.2) is 16.8 Å². The molecule has 0 bridgehead atoms. The van der Waals surface area contributed by atoms with Gasteiger partial charge in [0.05, 0.1) is 17.6 Å². The molecule has 1 aromatic heterocycles. The van der Waals surface area contributed by atoms with Gasteiger partial charge < -0.3 is 14.5 Å². The first-order chi connectivity index (χ1) is 11.7. The maximum absolute atomic E-state index is 12.8. The number of carbonyl (C=O) groups excluding carboxylic acids is 2. The van der Waals surface area contributed by atoms with Crippen molar-refractivity contribution in [3.8, 4) is 0 Å². The number of fused-ring (bicyclic) bond motifs is 1. The fraction of sp³-hybridized carbons (Fsp3) is 0.667. The second-order valence-corrected chi connectivity index (χ2v) is 7.85. The van der Waals surface area contributed by atoms with Gasteiger partial charge in [-0.3, -0.25) is 9.59 Å². The fourth-order valence-corrected chi connectivity index (χ4v) is 5.03. The Bertz CT molecular complexity index is 597. The summed E-state index contributed by atoms with van der Waals surface area (Å²) in [6, 6.07) is 2.29. The Morgan fingerprint density at radius 1 is 1.21 bits per heavy atom. The van der Waals surface area contributed by atoms with Crippen LogP contribution in [0.5, 0.6) is 0 Å². The summed E-state index contributed by atoms with van der Waals surface area (Å²) in [5.41, 5.74) is 0.786. The molecule has 3 saturated heterocycles. The number of carbonyl (C=O) groups is 2. The number of hydrogen-bond donors (Lipinski definition) is 0. The number of hydrogen-bond acceptors (Lipinski definition) is 4. The van der Waals surface area contributed by atoms with Gasteiger partial charge in [-0.1, -0.05) is 0 Å². The molecular formula is C18H24N2O3S. The Kier molecular flexibility index (Phi) is 4.59. The molecule has 0 saturated carbocycles. The third-order valence-corrected chi connectivity index (χ3v) is 6.39. The quantitative estimate of drug-likeness (QED) is 0.843. The van der Waals surface area contributed by atoms with Gasteiger partial charge in [-0.15, -0.1) is 0 Å². The molecule has 0 spiro atoms. The Hall–Kier alpha value is -1.40. The van der Waals surface area contributed by atoms with E-state index in [0.29, 0.717) is 12.3 Å². The third kappa shape index (κ3) is 2.97. The molecule has 2 amide bonds. The summed E-state index contributed by atoms with van der Waals surface area (Å²) in [6.07, 6.45) is 4.37. The number of rotatable bonds is 3. The van der Waals surface area contributed by atoms with E-state index in [4.69, 9.17) is 4.74 Å². The zero-order valence-electron chi connectivity index (χ0n) is 13.9. The molecule has 5 nitrogen and oxygen atoms in total. The highest BCUT2D eigenvalue weighted by atomic mass is 32.1. The van der Waals surface area contributed by atoms with Gasteiger partial charge in [0.2, 0.25) is 5.91 Å². The van der Waals surface area contributed by atoms with Crippen molar-refractivity contribution in [1.82, 2.24) is 9.80 Å². The van der Waals surface area contributed by atoms with Crippen molar-refractivity contribution in [1.29, 1.82) is 0 Å². The standard InChI is InChI=1S/C18H24N2O3S/c21-17-2-1-15-16(20(17)11-13-4-8-23-9-5-13)3-7-19(15)18(22)14-6-10-24-12-14/h6,10,12-13,15-16H,1-5,7-9,11H2/t15-,16-/m0/s1. The van der Waals surface area contributed by atoms with Crippen molar-refractivity contribution in [3.05, 3.63) is 22.4 Å². The monoisotopic (exact) mass is 348 g/mol. The van der Waals surface area contributed by atoms with Crippen LogP contribution in [-0.4, -0.2) is 60.0 Å². The predicted octanol–water partition coefficient (Wildman–Crippen LogP) is 2.38. The molecule has 0 aromatic carbocycles. The van der Waals surface area contributed by atoms with Crippen molar-refractivity contribution in [2.24, 2.45) is 5.92 Å². The van der Waals surface area contributed by atoms with Gasteiger partial charge in [0.25, 0.3) is 5.91 Å². The largest absolute Gasteiger partial charge is 0.381 e. The van der Waals surface area contributed by atoms with Gasteiger partial charge in [-0.25, -0.2) is 0 Å². The molecule has 130 valence electrons. The smallest absolute Gasteiger partial charge is 0.255 e. The second-order valence-electron chi connectivity index (χ2n) is 7.07. The van der Waals surface area contributed by atoms with E-state index < -0.39 is 0 Å². The van der Waals surface area contributed by atoms with Crippen LogP contribution < -0.4 is 0 Å². The van der Waals surface area contributed by atoms with Crippen molar-refractivity contribution in [2.75, 3.05) is 26.3 Å². The predicted molar refractivity (Wildman–Crippen MR) is 92.0 cm³/mol. The van der Waals surface area contributed by atoms with Crippen LogP contribution in [0.3, 0.4) is 0 Å². The van der Waals surface area contributed by atoms with Gasteiger partial charge in [0, 0.05) is 38.1 Å². The van der Waals surface area contributed by atoms with Gasteiger partial charge >= 0.3 is 0 Å². The topological polar surface area (TPSA) is 49.9 Å². The van der Waals surface area contributed by atoms with E-state index in [0.717, 1.165) is 57.6 Å². The average Bonchev–Trinajstić information content (AvgIpc) is 3.27. The minimum atomic E-state index is 0.129. The van der Waals surface area contributed by atoms with Crippen LogP contribution in [0.25, 0.3) is 0 Å². The van der Waals surface area contributed by atoms with Crippen LogP contribution in [0.2, 0.25) is 0 Å². The minimum Gasteiger partial charge on any atom is -0.381 e. The molecule has 0 N–H and O–H groups in total. The summed E-state index contributed by atoms with van der Waals surface area (Å²) >= 11 is 1.56. The molecule has 0 unspecified atom stereocenters. The number of ether oxygens (including phenoxy) is 1. The number of amides is 2. The number of thiophene rings is 1. The SMILES string of the molecule is O=C1CC[C@H]2[C@H](CCN2C(=O)c2ccsc2)N1CC1CCOCC1. The lowest BCUT2D eigenvalue weighted by Gasteiger charge is -2.41. The second kappa shape index (κ2) is 6.84. The summed E-state index contributed by atoms with van der Waals surface area (Å²) in [5.74, 6) is 0.944. The Morgan fingerprint density at radius 3 is 2.79 bits per heavy atom.